The van der Waals surface area contributed by atoms with Crippen LogP contribution in [0.4, 0.5) is 18.0 Å². The van der Waals surface area contributed by atoms with Crippen LogP contribution in [0.5, 0.6) is 0 Å². The molecular formula is C19H30F3N3O. The lowest BCUT2D eigenvalue weighted by atomic mass is 9.53. The number of hydrogen-bond acceptors (Lipinski definition) is 2. The molecule has 5 fully saturated rings. The van der Waals surface area contributed by atoms with Crippen LogP contribution < -0.4 is 10.6 Å². The number of rotatable bonds is 4. The molecule has 5 rings (SSSR count). The first kappa shape index (κ1) is 18.4. The molecule has 4 nitrogen and oxygen atoms in total. The third-order valence-corrected chi connectivity index (χ3v) is 7.08. The van der Waals surface area contributed by atoms with Gasteiger partial charge in [-0.25, -0.2) is 4.79 Å². The first-order valence-corrected chi connectivity index (χ1v) is 10.1. The number of piperidine rings is 1. The van der Waals surface area contributed by atoms with E-state index in [-0.39, 0.29) is 17.5 Å². The summed E-state index contributed by atoms with van der Waals surface area (Å²) in [5, 5.41) is 6.29. The molecule has 0 aromatic carbocycles. The van der Waals surface area contributed by atoms with Gasteiger partial charge in [0.05, 0.1) is 6.54 Å². The predicted octanol–water partition coefficient (Wildman–Crippen LogP) is 3.53. The van der Waals surface area contributed by atoms with Crippen LogP contribution in [0.25, 0.3) is 0 Å². The Balaban J connectivity index is 1.20. The molecule has 4 saturated carbocycles. The van der Waals surface area contributed by atoms with E-state index in [0.717, 1.165) is 37.0 Å². The third kappa shape index (κ3) is 4.29. The highest BCUT2D eigenvalue weighted by Gasteiger charge is 2.51. The summed E-state index contributed by atoms with van der Waals surface area (Å²) < 4.78 is 37.3. The van der Waals surface area contributed by atoms with Crippen LogP contribution in [-0.4, -0.2) is 48.8 Å². The van der Waals surface area contributed by atoms with Crippen LogP contribution in [0.3, 0.4) is 0 Å². The van der Waals surface area contributed by atoms with E-state index < -0.39 is 12.7 Å². The highest BCUT2D eigenvalue weighted by molar-refractivity contribution is 5.74. The normalized spacial score (nSPS) is 37.7. The van der Waals surface area contributed by atoms with Gasteiger partial charge in [0.25, 0.3) is 0 Å². The molecule has 7 heteroatoms. The van der Waals surface area contributed by atoms with Gasteiger partial charge in [0.2, 0.25) is 0 Å². The maximum Gasteiger partial charge on any atom is 0.401 e. The molecule has 0 radical (unpaired) electrons. The monoisotopic (exact) mass is 373 g/mol. The first-order chi connectivity index (χ1) is 12.3. The van der Waals surface area contributed by atoms with Crippen molar-refractivity contribution in [1.29, 1.82) is 0 Å². The summed E-state index contributed by atoms with van der Waals surface area (Å²) in [5.41, 5.74) is 0.00884. The van der Waals surface area contributed by atoms with Gasteiger partial charge in [-0.2, -0.15) is 13.2 Å². The smallest absolute Gasteiger partial charge is 0.338 e. The second-order valence-electron chi connectivity index (χ2n) is 9.37. The molecule has 1 aliphatic heterocycles. The molecule has 4 aliphatic carbocycles. The first-order valence-electron chi connectivity index (χ1n) is 10.1. The molecular weight excluding hydrogens is 343 g/mol. The molecule has 0 aromatic rings. The fourth-order valence-electron chi connectivity index (χ4n) is 6.39. The molecule has 4 bridgehead atoms. The third-order valence-electron chi connectivity index (χ3n) is 7.08. The zero-order chi connectivity index (χ0) is 18.4. The average Bonchev–Trinajstić information content (AvgIpc) is 2.51. The molecule has 1 saturated heterocycles. The lowest BCUT2D eigenvalue weighted by Crippen LogP contribution is -2.61. The maximum absolute atomic E-state index is 12.4. The Morgan fingerprint density at radius 3 is 2.04 bits per heavy atom. The van der Waals surface area contributed by atoms with Crippen molar-refractivity contribution in [2.45, 2.75) is 63.1 Å². The van der Waals surface area contributed by atoms with Crippen molar-refractivity contribution in [3.8, 4) is 0 Å². The zero-order valence-electron chi connectivity index (χ0n) is 15.3. The van der Waals surface area contributed by atoms with E-state index in [1.165, 1.54) is 24.2 Å². The minimum Gasteiger partial charge on any atom is -0.338 e. The fourth-order valence-corrected chi connectivity index (χ4v) is 6.39. The summed E-state index contributed by atoms with van der Waals surface area (Å²) in [5.74, 6) is 2.65. The van der Waals surface area contributed by atoms with Gasteiger partial charge in [-0.1, -0.05) is 0 Å². The standard InChI is InChI=1S/C19H30F3N3O/c20-19(21,22)12-25-3-1-13(2-4-25)11-23-17(26)24-18-8-14-5-15(9-18)7-16(6-14)10-18/h13-16H,1-12H2,(H2,23,24,26). The Morgan fingerprint density at radius 2 is 1.54 bits per heavy atom. The number of alkyl halides is 3. The van der Waals surface area contributed by atoms with Crippen molar-refractivity contribution >= 4 is 6.03 Å². The highest BCUT2D eigenvalue weighted by atomic mass is 19.4. The number of carbonyl (C=O) groups excluding carboxylic acids is 1. The van der Waals surface area contributed by atoms with E-state index in [2.05, 4.69) is 10.6 Å². The van der Waals surface area contributed by atoms with Crippen molar-refractivity contribution in [2.24, 2.45) is 23.7 Å². The van der Waals surface area contributed by atoms with Gasteiger partial charge in [0.15, 0.2) is 0 Å². The number of nitrogens with zero attached hydrogens (tertiary/aromatic N) is 1. The van der Waals surface area contributed by atoms with Crippen molar-refractivity contribution in [2.75, 3.05) is 26.2 Å². The second kappa shape index (κ2) is 6.88. The molecule has 5 aliphatic rings. The van der Waals surface area contributed by atoms with Gasteiger partial charge in [-0.05, 0) is 88.1 Å². The van der Waals surface area contributed by atoms with E-state index in [0.29, 0.717) is 32.5 Å². The number of carbonyl (C=O) groups is 1. The summed E-state index contributed by atoms with van der Waals surface area (Å²) >= 11 is 0. The number of halogens is 3. The summed E-state index contributed by atoms with van der Waals surface area (Å²) in [6, 6.07) is -0.0790. The minimum atomic E-state index is -4.12. The van der Waals surface area contributed by atoms with Gasteiger partial charge in [0.1, 0.15) is 0 Å². The van der Waals surface area contributed by atoms with Gasteiger partial charge in [-0.15, -0.1) is 0 Å². The molecule has 26 heavy (non-hydrogen) atoms. The molecule has 0 spiro atoms. The number of urea groups is 1. The topological polar surface area (TPSA) is 44.4 Å². The summed E-state index contributed by atoms with van der Waals surface area (Å²) in [6.07, 6.45) is 4.73. The average molecular weight is 373 g/mol. The Bertz CT molecular complexity index is 493. The molecule has 0 aromatic heterocycles. The van der Waals surface area contributed by atoms with Gasteiger partial charge in [-0.3, -0.25) is 4.90 Å². The van der Waals surface area contributed by atoms with Crippen LogP contribution in [0.1, 0.15) is 51.4 Å². The number of amides is 2. The molecule has 2 N–H and O–H groups in total. The van der Waals surface area contributed by atoms with Gasteiger partial charge >= 0.3 is 12.2 Å². The Kier molecular flexibility index (Phi) is 4.86. The van der Waals surface area contributed by atoms with Crippen LogP contribution in [0, 0.1) is 23.7 Å². The van der Waals surface area contributed by atoms with E-state index in [4.69, 9.17) is 0 Å². The zero-order valence-corrected chi connectivity index (χ0v) is 15.3. The SMILES string of the molecule is O=C(NCC1CCN(CC(F)(F)F)CC1)NC12CC3CC(CC(C3)C1)C2. The molecule has 148 valence electrons. The molecule has 2 amide bonds. The quantitative estimate of drug-likeness (QED) is 0.792. The molecule has 1 heterocycles. The van der Waals surface area contributed by atoms with Crippen molar-refractivity contribution < 1.29 is 18.0 Å². The predicted molar refractivity (Wildman–Crippen MR) is 92.7 cm³/mol. The summed E-state index contributed by atoms with van der Waals surface area (Å²) in [6.45, 7) is 0.669. The highest BCUT2D eigenvalue weighted by Crippen LogP contribution is 2.55. The van der Waals surface area contributed by atoms with Crippen LogP contribution in [-0.2, 0) is 0 Å². The largest absolute Gasteiger partial charge is 0.401 e. The van der Waals surface area contributed by atoms with E-state index in [1.807, 2.05) is 0 Å². The second-order valence-corrected chi connectivity index (χ2v) is 9.37. The number of nitrogens with one attached hydrogen (secondary N) is 2. The number of likely N-dealkylation sites (tertiary alicyclic amines) is 1. The van der Waals surface area contributed by atoms with Crippen molar-refractivity contribution in [1.82, 2.24) is 15.5 Å². The summed E-state index contributed by atoms with van der Waals surface area (Å²) in [7, 11) is 0. The van der Waals surface area contributed by atoms with Crippen LogP contribution >= 0.6 is 0 Å². The molecule has 0 unspecified atom stereocenters. The lowest BCUT2D eigenvalue weighted by Gasteiger charge is -2.56. The van der Waals surface area contributed by atoms with Crippen molar-refractivity contribution in [3.63, 3.8) is 0 Å². The van der Waals surface area contributed by atoms with Crippen LogP contribution in [0.2, 0.25) is 0 Å². The van der Waals surface area contributed by atoms with E-state index >= 15 is 0 Å². The maximum atomic E-state index is 12.4. The van der Waals surface area contributed by atoms with E-state index in [9.17, 15) is 18.0 Å². The fraction of sp³-hybridized carbons (Fsp3) is 0.947. The van der Waals surface area contributed by atoms with Crippen molar-refractivity contribution in [3.05, 3.63) is 0 Å². The Labute approximate surface area is 153 Å². The summed E-state index contributed by atoms with van der Waals surface area (Å²) in [4.78, 5) is 13.9. The van der Waals surface area contributed by atoms with Crippen LogP contribution in [0.15, 0.2) is 0 Å². The van der Waals surface area contributed by atoms with Gasteiger partial charge < -0.3 is 10.6 Å². The number of hydrogen-bond donors (Lipinski definition) is 2. The minimum absolute atomic E-state index is 0.00884. The van der Waals surface area contributed by atoms with E-state index in [1.54, 1.807) is 0 Å². The lowest BCUT2D eigenvalue weighted by molar-refractivity contribution is -0.148. The Morgan fingerprint density at radius 1 is 1.00 bits per heavy atom. The Hall–Kier alpha value is -0.980. The molecule has 0 atom stereocenters. The van der Waals surface area contributed by atoms with Gasteiger partial charge in [0, 0.05) is 12.1 Å².